The van der Waals surface area contributed by atoms with Crippen LogP contribution in [0.3, 0.4) is 0 Å². The summed E-state index contributed by atoms with van der Waals surface area (Å²) in [7, 11) is 0. The van der Waals surface area contributed by atoms with Crippen molar-refractivity contribution in [3.05, 3.63) is 0 Å². The smallest absolute Gasteiger partial charge is 0.00608 e. The minimum Gasteiger partial charge on any atom is -0.316 e. The van der Waals surface area contributed by atoms with E-state index in [4.69, 9.17) is 0 Å². The largest absolute Gasteiger partial charge is 0.316 e. The van der Waals surface area contributed by atoms with Gasteiger partial charge in [-0.25, -0.2) is 0 Å². The third-order valence-corrected chi connectivity index (χ3v) is 4.16. The maximum atomic E-state index is 3.52. The van der Waals surface area contributed by atoms with Gasteiger partial charge >= 0.3 is 0 Å². The van der Waals surface area contributed by atoms with Crippen molar-refractivity contribution >= 4 is 11.8 Å². The number of thioether (sulfide) groups is 1. The molecule has 0 aliphatic rings. The van der Waals surface area contributed by atoms with E-state index in [9.17, 15) is 0 Å². The molecule has 15 heavy (non-hydrogen) atoms. The fourth-order valence-corrected chi connectivity index (χ4v) is 2.12. The number of nitrogens with one attached hydrogen (secondary N) is 1. The van der Waals surface area contributed by atoms with E-state index in [1.54, 1.807) is 0 Å². The standard InChI is InChI=1S/C13H29NS/c1-11(2)12(3)15-10-9-14-8-7-13(4,5)6/h11-12,14H,7-10H2,1-6H3. The Kier molecular flexibility index (Phi) is 7.72. The van der Waals surface area contributed by atoms with Crippen molar-refractivity contribution in [1.82, 2.24) is 5.32 Å². The molecule has 0 aromatic rings. The first-order chi connectivity index (χ1) is 6.83. The zero-order valence-corrected chi connectivity index (χ0v) is 12.2. The Morgan fingerprint density at radius 1 is 1.07 bits per heavy atom. The molecule has 0 aromatic heterocycles. The van der Waals surface area contributed by atoms with Gasteiger partial charge in [0.05, 0.1) is 0 Å². The van der Waals surface area contributed by atoms with Gasteiger partial charge in [0.15, 0.2) is 0 Å². The molecule has 1 N–H and O–H groups in total. The zero-order valence-electron chi connectivity index (χ0n) is 11.4. The highest BCUT2D eigenvalue weighted by Crippen LogP contribution is 2.18. The van der Waals surface area contributed by atoms with Crippen LogP contribution in [0.1, 0.15) is 48.0 Å². The summed E-state index contributed by atoms with van der Waals surface area (Å²) in [5.74, 6) is 2.04. The highest BCUT2D eigenvalue weighted by molar-refractivity contribution is 7.99. The lowest BCUT2D eigenvalue weighted by atomic mass is 9.92. The molecule has 0 radical (unpaired) electrons. The van der Waals surface area contributed by atoms with Crippen molar-refractivity contribution in [2.75, 3.05) is 18.8 Å². The topological polar surface area (TPSA) is 12.0 Å². The van der Waals surface area contributed by atoms with Crippen molar-refractivity contribution < 1.29 is 0 Å². The molecule has 1 atom stereocenters. The van der Waals surface area contributed by atoms with E-state index < -0.39 is 0 Å². The van der Waals surface area contributed by atoms with Crippen LogP contribution in [0.15, 0.2) is 0 Å². The van der Waals surface area contributed by atoms with Crippen LogP contribution in [-0.4, -0.2) is 24.1 Å². The molecule has 1 unspecified atom stereocenters. The first-order valence-corrected chi connectivity index (χ1v) is 7.20. The average molecular weight is 231 g/mol. The van der Waals surface area contributed by atoms with Gasteiger partial charge in [0.25, 0.3) is 0 Å². The van der Waals surface area contributed by atoms with Gasteiger partial charge in [-0.2, -0.15) is 11.8 Å². The molecule has 0 amide bonds. The van der Waals surface area contributed by atoms with Crippen molar-refractivity contribution in [2.24, 2.45) is 11.3 Å². The maximum Gasteiger partial charge on any atom is 0.00608 e. The summed E-state index contributed by atoms with van der Waals surface area (Å²) in [6.07, 6.45) is 1.26. The molecular formula is C13H29NS. The SMILES string of the molecule is CC(C)C(C)SCCNCCC(C)(C)C. The normalized spacial score (nSPS) is 14.6. The second kappa shape index (κ2) is 7.56. The Morgan fingerprint density at radius 2 is 1.67 bits per heavy atom. The predicted octanol–water partition coefficient (Wildman–Crippen LogP) is 3.79. The van der Waals surface area contributed by atoms with Gasteiger partial charge in [-0.3, -0.25) is 0 Å². The van der Waals surface area contributed by atoms with E-state index in [1.807, 2.05) is 0 Å². The van der Waals surface area contributed by atoms with Gasteiger partial charge in [0.2, 0.25) is 0 Å². The third kappa shape index (κ3) is 10.6. The van der Waals surface area contributed by atoms with E-state index in [0.717, 1.165) is 24.3 Å². The molecular weight excluding hydrogens is 202 g/mol. The average Bonchev–Trinajstić information content (AvgIpc) is 2.08. The van der Waals surface area contributed by atoms with Crippen LogP contribution in [0.4, 0.5) is 0 Å². The lowest BCUT2D eigenvalue weighted by molar-refractivity contribution is 0.369. The summed E-state index contributed by atoms with van der Waals surface area (Å²) in [4.78, 5) is 0. The zero-order chi connectivity index (χ0) is 11.9. The van der Waals surface area contributed by atoms with E-state index in [1.165, 1.54) is 12.2 Å². The van der Waals surface area contributed by atoms with Crippen molar-refractivity contribution in [3.8, 4) is 0 Å². The Balaban J connectivity index is 3.26. The third-order valence-electron chi connectivity index (χ3n) is 2.65. The Morgan fingerprint density at radius 3 is 2.13 bits per heavy atom. The van der Waals surface area contributed by atoms with E-state index in [2.05, 4.69) is 58.6 Å². The lowest BCUT2D eigenvalue weighted by Crippen LogP contribution is -2.23. The van der Waals surface area contributed by atoms with Gasteiger partial charge in [-0.1, -0.05) is 41.5 Å². The lowest BCUT2D eigenvalue weighted by Gasteiger charge is -2.18. The van der Waals surface area contributed by atoms with Gasteiger partial charge in [-0.15, -0.1) is 0 Å². The van der Waals surface area contributed by atoms with Gasteiger partial charge < -0.3 is 5.32 Å². The van der Waals surface area contributed by atoms with E-state index in [-0.39, 0.29) is 0 Å². The molecule has 92 valence electrons. The number of hydrogen-bond donors (Lipinski definition) is 1. The minimum absolute atomic E-state index is 0.464. The van der Waals surface area contributed by atoms with Crippen LogP contribution in [0.2, 0.25) is 0 Å². The van der Waals surface area contributed by atoms with Gasteiger partial charge in [-0.05, 0) is 24.3 Å². The summed E-state index contributed by atoms with van der Waals surface area (Å²) >= 11 is 2.08. The minimum atomic E-state index is 0.464. The second-order valence-electron chi connectivity index (χ2n) is 5.88. The van der Waals surface area contributed by atoms with Crippen LogP contribution in [-0.2, 0) is 0 Å². The van der Waals surface area contributed by atoms with Gasteiger partial charge in [0, 0.05) is 17.5 Å². The quantitative estimate of drug-likeness (QED) is 0.669. The van der Waals surface area contributed by atoms with E-state index >= 15 is 0 Å². The van der Waals surface area contributed by atoms with Crippen molar-refractivity contribution in [1.29, 1.82) is 0 Å². The first-order valence-electron chi connectivity index (χ1n) is 6.15. The summed E-state index contributed by atoms with van der Waals surface area (Å²) < 4.78 is 0. The van der Waals surface area contributed by atoms with Crippen LogP contribution >= 0.6 is 11.8 Å². The molecule has 0 bridgehead atoms. The summed E-state index contributed by atoms with van der Waals surface area (Å²) in [5, 5.41) is 4.30. The van der Waals surface area contributed by atoms with Crippen LogP contribution in [0.5, 0.6) is 0 Å². The molecule has 0 spiro atoms. The summed E-state index contributed by atoms with van der Waals surface area (Å²) in [6.45, 7) is 16.1. The molecule has 0 fully saturated rings. The molecule has 0 rings (SSSR count). The second-order valence-corrected chi connectivity index (χ2v) is 7.37. The fraction of sp³-hybridized carbons (Fsp3) is 1.00. The highest BCUT2D eigenvalue weighted by Gasteiger charge is 2.09. The molecule has 0 aliphatic heterocycles. The fourth-order valence-electron chi connectivity index (χ4n) is 1.10. The molecule has 0 heterocycles. The van der Waals surface area contributed by atoms with Crippen molar-refractivity contribution in [3.63, 3.8) is 0 Å². The molecule has 0 aliphatic carbocycles. The van der Waals surface area contributed by atoms with E-state index in [0.29, 0.717) is 5.41 Å². The molecule has 2 heteroatoms. The molecule has 0 saturated carbocycles. The van der Waals surface area contributed by atoms with Gasteiger partial charge in [0.1, 0.15) is 0 Å². The molecule has 0 saturated heterocycles. The van der Waals surface area contributed by atoms with Crippen LogP contribution in [0.25, 0.3) is 0 Å². The van der Waals surface area contributed by atoms with Crippen LogP contribution < -0.4 is 5.32 Å². The Hall–Kier alpha value is 0.310. The first kappa shape index (κ1) is 15.3. The summed E-state index contributed by atoms with van der Waals surface area (Å²) in [6, 6.07) is 0. The Bertz CT molecular complexity index is 149. The Labute approximate surface area is 101 Å². The summed E-state index contributed by atoms with van der Waals surface area (Å²) in [5.41, 5.74) is 0.464. The number of hydrogen-bond acceptors (Lipinski definition) is 2. The highest BCUT2D eigenvalue weighted by atomic mass is 32.2. The van der Waals surface area contributed by atoms with Crippen LogP contribution in [0, 0.1) is 11.3 Å². The molecule has 0 aromatic carbocycles. The number of rotatable bonds is 7. The monoisotopic (exact) mass is 231 g/mol. The molecule has 1 nitrogen and oxygen atoms in total. The predicted molar refractivity (Wildman–Crippen MR) is 73.7 cm³/mol. The maximum absolute atomic E-state index is 3.52. The van der Waals surface area contributed by atoms with Crippen molar-refractivity contribution in [2.45, 2.75) is 53.2 Å².